The van der Waals surface area contributed by atoms with Crippen LogP contribution in [-0.4, -0.2) is 57.6 Å². The number of ether oxygens (including phenoxy) is 6. The Bertz CT molecular complexity index is 713. The molecule has 4 atom stereocenters. The van der Waals surface area contributed by atoms with Crippen LogP contribution in [0.5, 0.6) is 0 Å². The minimum atomic E-state index is -0.773. The summed E-state index contributed by atoms with van der Waals surface area (Å²) in [6.45, 7) is 3.63. The topological polar surface area (TPSA) is 89.5 Å². The average Bonchev–Trinajstić information content (AvgIpc) is 3.12. The first kappa shape index (κ1) is 18.8. The Kier molecular flexibility index (Phi) is 5.03. The van der Waals surface area contributed by atoms with Gasteiger partial charge in [-0.05, 0) is 31.5 Å². The summed E-state index contributed by atoms with van der Waals surface area (Å²) in [7, 11) is 4.02. The van der Waals surface area contributed by atoms with Crippen molar-refractivity contribution in [3.63, 3.8) is 0 Å². The molecule has 0 radical (unpaired) electrons. The number of carbonyl (C=O) groups is 2. The standard InChI is InChI=1S/C18H22O8/c1-18(2)25-13-12(24-17(23-5)14(13)26-18)9-6-7-10(15(19)21-3)11(8-9)16(20)22-4/h6-8,12-14,17H,1-5H3/t12-,13+,14+,17+/m1/s1. The first-order valence-corrected chi connectivity index (χ1v) is 8.15. The van der Waals surface area contributed by atoms with E-state index in [-0.39, 0.29) is 11.1 Å². The van der Waals surface area contributed by atoms with Gasteiger partial charge in [-0.15, -0.1) is 0 Å². The Labute approximate surface area is 151 Å². The number of hydrogen-bond donors (Lipinski definition) is 0. The molecule has 2 aliphatic heterocycles. The minimum absolute atomic E-state index is 0.0936. The van der Waals surface area contributed by atoms with Gasteiger partial charge in [-0.2, -0.15) is 0 Å². The molecule has 26 heavy (non-hydrogen) atoms. The smallest absolute Gasteiger partial charge is 0.338 e. The normalized spacial score (nSPS) is 29.3. The highest BCUT2D eigenvalue weighted by atomic mass is 16.8. The van der Waals surface area contributed by atoms with Crippen molar-refractivity contribution in [3.05, 3.63) is 34.9 Å². The van der Waals surface area contributed by atoms with Crippen molar-refractivity contribution in [2.45, 2.75) is 44.2 Å². The van der Waals surface area contributed by atoms with Gasteiger partial charge in [-0.1, -0.05) is 6.07 Å². The predicted molar refractivity (Wildman–Crippen MR) is 87.6 cm³/mol. The molecule has 0 saturated carbocycles. The van der Waals surface area contributed by atoms with Crippen LogP contribution in [-0.2, 0) is 28.4 Å². The molecule has 2 fully saturated rings. The summed E-state index contributed by atoms with van der Waals surface area (Å²) in [5, 5.41) is 0. The lowest BCUT2D eigenvalue weighted by Gasteiger charge is -2.24. The summed E-state index contributed by atoms with van der Waals surface area (Å²) in [6, 6.07) is 4.74. The van der Waals surface area contributed by atoms with E-state index in [1.165, 1.54) is 27.4 Å². The summed E-state index contributed by atoms with van der Waals surface area (Å²) in [5.41, 5.74) is 0.856. The fourth-order valence-electron chi connectivity index (χ4n) is 3.32. The number of methoxy groups -OCH3 is 3. The molecule has 2 saturated heterocycles. The fraction of sp³-hybridized carbons (Fsp3) is 0.556. The second-order valence-corrected chi connectivity index (χ2v) is 6.51. The zero-order valence-corrected chi connectivity index (χ0v) is 15.3. The van der Waals surface area contributed by atoms with Gasteiger partial charge in [-0.25, -0.2) is 9.59 Å². The zero-order valence-electron chi connectivity index (χ0n) is 15.3. The molecule has 0 N–H and O–H groups in total. The van der Waals surface area contributed by atoms with Crippen LogP contribution in [0.25, 0.3) is 0 Å². The summed E-state index contributed by atoms with van der Waals surface area (Å²) in [5.74, 6) is -2.04. The molecule has 142 valence electrons. The lowest BCUT2D eigenvalue weighted by Crippen LogP contribution is -2.30. The van der Waals surface area contributed by atoms with Gasteiger partial charge in [0.1, 0.15) is 18.3 Å². The lowest BCUT2D eigenvalue weighted by molar-refractivity contribution is -0.228. The molecule has 2 aliphatic rings. The van der Waals surface area contributed by atoms with Crippen molar-refractivity contribution in [1.29, 1.82) is 0 Å². The molecule has 8 heteroatoms. The molecule has 1 aromatic rings. The summed E-state index contributed by atoms with van der Waals surface area (Å²) in [4.78, 5) is 24.0. The zero-order chi connectivity index (χ0) is 19.1. The fourth-order valence-corrected chi connectivity index (χ4v) is 3.32. The molecule has 0 aliphatic carbocycles. The van der Waals surface area contributed by atoms with E-state index >= 15 is 0 Å². The summed E-state index contributed by atoms with van der Waals surface area (Å²) < 4.78 is 32.6. The third-order valence-electron chi connectivity index (χ3n) is 4.43. The molecule has 1 aromatic carbocycles. The molecule has 2 heterocycles. The van der Waals surface area contributed by atoms with Gasteiger partial charge in [0, 0.05) is 7.11 Å². The molecule has 0 amide bonds. The van der Waals surface area contributed by atoms with E-state index in [2.05, 4.69) is 0 Å². The minimum Gasteiger partial charge on any atom is -0.465 e. The molecule has 8 nitrogen and oxygen atoms in total. The second kappa shape index (κ2) is 6.96. The maximum absolute atomic E-state index is 12.1. The van der Waals surface area contributed by atoms with Gasteiger partial charge in [0.15, 0.2) is 12.1 Å². The number of esters is 2. The predicted octanol–water partition coefficient (Wildman–Crippen LogP) is 1.82. The van der Waals surface area contributed by atoms with Crippen molar-refractivity contribution >= 4 is 11.9 Å². The maximum atomic E-state index is 12.1. The van der Waals surface area contributed by atoms with Gasteiger partial charge in [0.25, 0.3) is 0 Å². The summed E-state index contributed by atoms with van der Waals surface area (Å²) in [6.07, 6.45) is -1.94. The van der Waals surface area contributed by atoms with Crippen molar-refractivity contribution in [2.24, 2.45) is 0 Å². The van der Waals surface area contributed by atoms with Crippen molar-refractivity contribution < 1.29 is 38.0 Å². The van der Waals surface area contributed by atoms with E-state index in [1.807, 2.05) is 13.8 Å². The van der Waals surface area contributed by atoms with Gasteiger partial charge >= 0.3 is 11.9 Å². The molecular formula is C18H22O8. The molecule has 0 aromatic heterocycles. The molecule has 3 rings (SSSR count). The highest BCUT2D eigenvalue weighted by molar-refractivity contribution is 6.03. The Morgan fingerprint density at radius 3 is 2.19 bits per heavy atom. The van der Waals surface area contributed by atoms with Crippen molar-refractivity contribution in [2.75, 3.05) is 21.3 Å². The maximum Gasteiger partial charge on any atom is 0.338 e. The second-order valence-electron chi connectivity index (χ2n) is 6.51. The largest absolute Gasteiger partial charge is 0.465 e. The Balaban J connectivity index is 1.98. The van der Waals surface area contributed by atoms with E-state index in [1.54, 1.807) is 12.1 Å². The van der Waals surface area contributed by atoms with Gasteiger partial charge in [-0.3, -0.25) is 0 Å². The van der Waals surface area contributed by atoms with E-state index in [4.69, 9.17) is 28.4 Å². The number of carbonyl (C=O) groups excluding carboxylic acids is 2. The van der Waals surface area contributed by atoms with Crippen LogP contribution >= 0.6 is 0 Å². The third kappa shape index (κ3) is 3.21. The van der Waals surface area contributed by atoms with Crippen LogP contribution in [0.3, 0.4) is 0 Å². The Morgan fingerprint density at radius 2 is 1.58 bits per heavy atom. The van der Waals surface area contributed by atoms with Crippen LogP contribution in [0.2, 0.25) is 0 Å². The lowest BCUT2D eigenvalue weighted by atomic mass is 9.97. The number of hydrogen-bond acceptors (Lipinski definition) is 8. The van der Waals surface area contributed by atoms with Crippen LogP contribution in [0.1, 0.15) is 46.2 Å². The van der Waals surface area contributed by atoms with Crippen molar-refractivity contribution in [1.82, 2.24) is 0 Å². The SMILES string of the molecule is COC(=O)c1ccc([C@H]2O[C@H](OC)[C@H]3OC(C)(C)O[C@H]32)cc1C(=O)OC. The molecule has 0 spiro atoms. The molecular weight excluding hydrogens is 344 g/mol. The van der Waals surface area contributed by atoms with Gasteiger partial charge in [0.2, 0.25) is 0 Å². The Morgan fingerprint density at radius 1 is 0.962 bits per heavy atom. The Hall–Kier alpha value is -2.00. The number of rotatable bonds is 4. The first-order valence-electron chi connectivity index (χ1n) is 8.15. The highest BCUT2D eigenvalue weighted by Crippen LogP contribution is 2.45. The molecule has 0 unspecified atom stereocenters. The first-order chi connectivity index (χ1) is 12.3. The number of benzene rings is 1. The quantitative estimate of drug-likeness (QED) is 0.746. The van der Waals surface area contributed by atoms with Crippen LogP contribution in [0.15, 0.2) is 18.2 Å². The van der Waals surface area contributed by atoms with E-state index in [0.717, 1.165) is 0 Å². The molecule has 0 bridgehead atoms. The summed E-state index contributed by atoms with van der Waals surface area (Å²) >= 11 is 0. The van der Waals surface area contributed by atoms with E-state index in [9.17, 15) is 9.59 Å². The van der Waals surface area contributed by atoms with Gasteiger partial charge < -0.3 is 28.4 Å². The van der Waals surface area contributed by atoms with Crippen molar-refractivity contribution in [3.8, 4) is 0 Å². The van der Waals surface area contributed by atoms with E-state index in [0.29, 0.717) is 5.56 Å². The third-order valence-corrected chi connectivity index (χ3v) is 4.43. The average molecular weight is 366 g/mol. The van der Waals surface area contributed by atoms with E-state index < -0.39 is 42.3 Å². The van der Waals surface area contributed by atoms with Crippen LogP contribution < -0.4 is 0 Å². The van der Waals surface area contributed by atoms with Gasteiger partial charge in [0.05, 0.1) is 25.3 Å². The van der Waals surface area contributed by atoms with Crippen LogP contribution in [0, 0.1) is 0 Å². The monoisotopic (exact) mass is 366 g/mol. The van der Waals surface area contributed by atoms with Crippen LogP contribution in [0.4, 0.5) is 0 Å². The number of fused-ring (bicyclic) bond motifs is 1. The highest BCUT2D eigenvalue weighted by Gasteiger charge is 2.56.